The van der Waals surface area contributed by atoms with Crippen LogP contribution in [-0.2, 0) is 11.4 Å². The fourth-order valence-electron chi connectivity index (χ4n) is 5.68. The second-order valence-corrected chi connectivity index (χ2v) is 10.7. The van der Waals surface area contributed by atoms with Gasteiger partial charge in [-0.1, -0.05) is 57.5 Å². The number of nitrogens with zero attached hydrogens (tertiary/aromatic N) is 1. The second-order valence-electron chi connectivity index (χ2n) is 10.7. The number of aromatic nitrogens is 1. The highest BCUT2D eigenvalue weighted by Gasteiger charge is 2.37. The van der Waals surface area contributed by atoms with E-state index in [1.54, 1.807) is 24.3 Å². The molecular weight excluding hydrogens is 488 g/mol. The van der Waals surface area contributed by atoms with Gasteiger partial charge in [-0.2, -0.15) is 0 Å². The van der Waals surface area contributed by atoms with Crippen molar-refractivity contribution in [1.29, 1.82) is 0 Å². The van der Waals surface area contributed by atoms with Crippen LogP contribution in [0.2, 0.25) is 0 Å². The Balaban J connectivity index is 1.67. The van der Waals surface area contributed by atoms with Gasteiger partial charge in [-0.3, -0.25) is 4.79 Å². The van der Waals surface area contributed by atoms with Crippen molar-refractivity contribution in [2.75, 3.05) is 7.11 Å². The number of halogens is 2. The third kappa shape index (κ3) is 5.82. The highest BCUT2D eigenvalue weighted by Crippen LogP contribution is 2.51. The van der Waals surface area contributed by atoms with Gasteiger partial charge in [0.15, 0.2) is 11.6 Å². The standard InChI is InChI=1S/C31H35F2NO4/c1-5-20(15-29(35)36)21-8-6-10-27(30(21)33)38-18-19-11-12-22(24-16-28(37-4)34-17-26(24)32)23(14-19)25-9-7-13-31(25,2)3/h6,8,10-12,14,16-17,20,25H,5,7,9,13,15,18H2,1-4H3,(H,35,36)/t20-,25-/m1/s1. The maximum Gasteiger partial charge on any atom is 0.303 e. The molecule has 0 saturated heterocycles. The van der Waals surface area contributed by atoms with Gasteiger partial charge < -0.3 is 14.6 Å². The summed E-state index contributed by atoms with van der Waals surface area (Å²) in [5.41, 5.74) is 3.49. The summed E-state index contributed by atoms with van der Waals surface area (Å²) < 4.78 is 41.4. The number of methoxy groups -OCH3 is 1. The molecule has 1 heterocycles. The smallest absolute Gasteiger partial charge is 0.303 e. The molecule has 202 valence electrons. The third-order valence-electron chi connectivity index (χ3n) is 7.82. The monoisotopic (exact) mass is 523 g/mol. The number of carbonyl (C=O) groups is 1. The Labute approximate surface area is 222 Å². The first kappa shape index (κ1) is 27.6. The van der Waals surface area contributed by atoms with Gasteiger partial charge in [0, 0.05) is 11.6 Å². The SMILES string of the molecule is CC[C@H](CC(=O)O)c1cccc(OCc2ccc(-c3cc(OC)ncc3F)c([C@H]3CCCC3(C)C)c2)c1F. The van der Waals surface area contributed by atoms with E-state index in [2.05, 4.69) is 18.8 Å². The maximum atomic E-state index is 15.3. The van der Waals surface area contributed by atoms with Gasteiger partial charge in [0.1, 0.15) is 12.4 Å². The Morgan fingerprint density at radius 3 is 2.63 bits per heavy atom. The zero-order valence-electron chi connectivity index (χ0n) is 22.4. The molecule has 0 spiro atoms. The van der Waals surface area contributed by atoms with Gasteiger partial charge in [0.05, 0.1) is 19.7 Å². The Kier molecular flexibility index (Phi) is 8.34. The van der Waals surface area contributed by atoms with Gasteiger partial charge in [-0.05, 0) is 64.8 Å². The first-order valence-electron chi connectivity index (χ1n) is 13.1. The van der Waals surface area contributed by atoms with Gasteiger partial charge in [0.2, 0.25) is 5.88 Å². The van der Waals surface area contributed by atoms with Crippen LogP contribution in [0, 0.1) is 17.0 Å². The molecule has 3 aromatic rings. The van der Waals surface area contributed by atoms with Crippen LogP contribution in [0.15, 0.2) is 48.7 Å². The molecule has 4 rings (SSSR count). The molecular formula is C31H35F2NO4. The van der Waals surface area contributed by atoms with Crippen LogP contribution in [0.4, 0.5) is 8.78 Å². The molecule has 38 heavy (non-hydrogen) atoms. The minimum Gasteiger partial charge on any atom is -0.486 e. The highest BCUT2D eigenvalue weighted by atomic mass is 19.1. The lowest BCUT2D eigenvalue weighted by molar-refractivity contribution is -0.137. The van der Waals surface area contributed by atoms with Gasteiger partial charge in [-0.25, -0.2) is 13.8 Å². The molecule has 0 amide bonds. The zero-order valence-corrected chi connectivity index (χ0v) is 22.4. The van der Waals surface area contributed by atoms with E-state index in [9.17, 15) is 14.3 Å². The van der Waals surface area contributed by atoms with Crippen LogP contribution in [0.1, 0.15) is 81.4 Å². The molecule has 0 unspecified atom stereocenters. The van der Waals surface area contributed by atoms with Crippen LogP contribution in [0.25, 0.3) is 11.1 Å². The van der Waals surface area contributed by atoms with Crippen molar-refractivity contribution >= 4 is 5.97 Å². The number of benzene rings is 2. The van der Waals surface area contributed by atoms with E-state index in [0.717, 1.165) is 36.0 Å². The summed E-state index contributed by atoms with van der Waals surface area (Å²) in [6, 6.07) is 12.3. The third-order valence-corrected chi connectivity index (χ3v) is 7.82. The molecule has 5 nitrogen and oxygen atoms in total. The number of aliphatic carboxylic acids is 1. The number of pyridine rings is 1. The summed E-state index contributed by atoms with van der Waals surface area (Å²) in [5.74, 6) is -1.69. The van der Waals surface area contributed by atoms with Crippen LogP contribution in [0.3, 0.4) is 0 Å². The van der Waals surface area contributed by atoms with Crippen LogP contribution in [0.5, 0.6) is 11.6 Å². The summed E-state index contributed by atoms with van der Waals surface area (Å²) >= 11 is 0. The van der Waals surface area contributed by atoms with Crippen molar-refractivity contribution in [3.05, 3.63) is 77.0 Å². The largest absolute Gasteiger partial charge is 0.486 e. The van der Waals surface area contributed by atoms with Crippen LogP contribution < -0.4 is 9.47 Å². The predicted octanol–water partition coefficient (Wildman–Crippen LogP) is 7.88. The van der Waals surface area contributed by atoms with Crippen LogP contribution in [-0.4, -0.2) is 23.2 Å². The summed E-state index contributed by atoms with van der Waals surface area (Å²) in [4.78, 5) is 15.2. The molecule has 1 N–H and O–H groups in total. The molecule has 0 bridgehead atoms. The van der Waals surface area contributed by atoms with E-state index < -0.39 is 23.5 Å². The second kappa shape index (κ2) is 11.5. The minimum absolute atomic E-state index is 0.0432. The molecule has 0 aliphatic heterocycles. The topological polar surface area (TPSA) is 68.7 Å². The van der Waals surface area contributed by atoms with E-state index in [1.807, 2.05) is 25.1 Å². The average molecular weight is 524 g/mol. The van der Waals surface area contributed by atoms with E-state index >= 15 is 4.39 Å². The number of carboxylic acids is 1. The van der Waals surface area contributed by atoms with Crippen molar-refractivity contribution < 1.29 is 28.2 Å². The van der Waals surface area contributed by atoms with E-state index in [1.165, 1.54) is 13.3 Å². The summed E-state index contributed by atoms with van der Waals surface area (Å²) in [6.45, 7) is 6.45. The first-order valence-corrected chi connectivity index (χ1v) is 13.1. The molecule has 2 aromatic carbocycles. The number of carboxylic acid groups (broad SMARTS) is 1. The van der Waals surface area contributed by atoms with E-state index in [-0.39, 0.29) is 30.1 Å². The van der Waals surface area contributed by atoms with Crippen molar-refractivity contribution in [3.8, 4) is 22.8 Å². The lowest BCUT2D eigenvalue weighted by atomic mass is 9.75. The van der Waals surface area contributed by atoms with E-state index in [4.69, 9.17) is 9.47 Å². The normalized spacial score (nSPS) is 17.3. The first-order chi connectivity index (χ1) is 18.1. The zero-order chi connectivity index (χ0) is 27.4. The number of ether oxygens (including phenoxy) is 2. The predicted molar refractivity (Wildman–Crippen MR) is 143 cm³/mol. The Morgan fingerprint density at radius 1 is 1.18 bits per heavy atom. The molecule has 1 aliphatic rings. The fourth-order valence-corrected chi connectivity index (χ4v) is 5.68. The number of rotatable bonds is 10. The quantitative estimate of drug-likeness (QED) is 0.293. The Bertz CT molecular complexity index is 1310. The van der Waals surface area contributed by atoms with Crippen molar-refractivity contribution in [2.45, 2.75) is 71.3 Å². The lowest BCUT2D eigenvalue weighted by Gasteiger charge is -2.30. The molecule has 1 fully saturated rings. The van der Waals surface area contributed by atoms with Crippen molar-refractivity contribution in [3.63, 3.8) is 0 Å². The highest BCUT2D eigenvalue weighted by molar-refractivity contribution is 5.70. The molecule has 1 aromatic heterocycles. The minimum atomic E-state index is -0.965. The molecule has 1 aliphatic carbocycles. The van der Waals surface area contributed by atoms with Gasteiger partial charge >= 0.3 is 5.97 Å². The van der Waals surface area contributed by atoms with Gasteiger partial charge in [0.25, 0.3) is 0 Å². The van der Waals surface area contributed by atoms with Gasteiger partial charge in [-0.15, -0.1) is 0 Å². The average Bonchev–Trinajstić information content (AvgIpc) is 3.25. The summed E-state index contributed by atoms with van der Waals surface area (Å²) in [5, 5.41) is 9.20. The molecule has 7 heteroatoms. The fraction of sp³-hybridized carbons (Fsp3) is 0.419. The molecule has 1 saturated carbocycles. The Morgan fingerprint density at radius 2 is 1.97 bits per heavy atom. The van der Waals surface area contributed by atoms with Crippen molar-refractivity contribution in [1.82, 2.24) is 4.98 Å². The van der Waals surface area contributed by atoms with Crippen LogP contribution >= 0.6 is 0 Å². The number of hydrogen-bond acceptors (Lipinski definition) is 4. The molecule has 2 atom stereocenters. The maximum absolute atomic E-state index is 15.3. The summed E-state index contributed by atoms with van der Waals surface area (Å²) in [6.07, 6.45) is 4.70. The molecule has 0 radical (unpaired) electrons. The Hall–Kier alpha value is -3.48. The van der Waals surface area contributed by atoms with Crippen molar-refractivity contribution in [2.24, 2.45) is 5.41 Å². The lowest BCUT2D eigenvalue weighted by Crippen LogP contribution is -2.17. The summed E-state index contributed by atoms with van der Waals surface area (Å²) in [7, 11) is 1.50. The van der Waals surface area contributed by atoms with E-state index in [0.29, 0.717) is 23.4 Å². The number of hydrogen-bond donors (Lipinski definition) is 1.